The number of para-hydroxylation sites is 1. The summed E-state index contributed by atoms with van der Waals surface area (Å²) in [5.74, 6) is 2.35. The number of carbonyl (C=O) groups is 1. The van der Waals surface area contributed by atoms with Gasteiger partial charge in [-0.25, -0.2) is 4.79 Å². The van der Waals surface area contributed by atoms with Crippen LogP contribution in [0, 0.1) is 11.8 Å². The number of urea groups is 1. The number of fused-ring (bicyclic) bond motifs is 2. The van der Waals surface area contributed by atoms with Gasteiger partial charge in [0, 0.05) is 11.6 Å². The summed E-state index contributed by atoms with van der Waals surface area (Å²) < 4.78 is 5.67. The van der Waals surface area contributed by atoms with Crippen LogP contribution in [-0.2, 0) is 0 Å². The van der Waals surface area contributed by atoms with Crippen molar-refractivity contribution in [2.75, 3.05) is 6.61 Å². The number of ether oxygens (including phenoxy) is 1. The van der Waals surface area contributed by atoms with Crippen LogP contribution in [0.5, 0.6) is 5.75 Å². The largest absolute Gasteiger partial charge is 0.491 e. The van der Waals surface area contributed by atoms with Crippen molar-refractivity contribution in [3.8, 4) is 5.75 Å². The minimum Gasteiger partial charge on any atom is -0.491 e. The highest BCUT2D eigenvalue weighted by Crippen LogP contribution is 2.40. The van der Waals surface area contributed by atoms with Crippen molar-refractivity contribution in [1.82, 2.24) is 10.6 Å². The fourth-order valence-corrected chi connectivity index (χ4v) is 4.86. The summed E-state index contributed by atoms with van der Waals surface area (Å²) in [6.45, 7) is 0.293. The Bertz CT molecular complexity index is 621. The van der Waals surface area contributed by atoms with Crippen LogP contribution in [0.3, 0.4) is 0 Å². The molecular weight excluding hydrogens is 316 g/mol. The van der Waals surface area contributed by atoms with E-state index in [0.717, 1.165) is 30.2 Å². The minimum absolute atomic E-state index is 0.189. The molecule has 1 aromatic rings. The van der Waals surface area contributed by atoms with Crippen LogP contribution in [0.25, 0.3) is 0 Å². The number of aliphatic hydroxyl groups excluding tert-OH is 1. The Balaban J connectivity index is 1.31. The highest BCUT2D eigenvalue weighted by Gasteiger charge is 2.34. The molecule has 3 aliphatic rings. The zero-order chi connectivity index (χ0) is 17.2. The molecule has 136 valence electrons. The summed E-state index contributed by atoms with van der Waals surface area (Å²) in [7, 11) is 0. The van der Waals surface area contributed by atoms with Crippen LogP contribution in [0.2, 0.25) is 0 Å². The van der Waals surface area contributed by atoms with Crippen LogP contribution in [0.1, 0.15) is 56.6 Å². The molecule has 1 heterocycles. The first-order valence-electron chi connectivity index (χ1n) is 9.67. The monoisotopic (exact) mass is 344 g/mol. The molecule has 2 amide bonds. The fraction of sp³-hybridized carbons (Fsp3) is 0.650. The highest BCUT2D eigenvalue weighted by molar-refractivity contribution is 5.74. The molecule has 25 heavy (non-hydrogen) atoms. The van der Waals surface area contributed by atoms with Gasteiger partial charge < -0.3 is 20.5 Å². The van der Waals surface area contributed by atoms with Crippen LogP contribution >= 0.6 is 0 Å². The molecule has 0 radical (unpaired) electrons. The number of aliphatic hydroxyl groups is 1. The van der Waals surface area contributed by atoms with E-state index in [1.165, 1.54) is 32.1 Å². The Morgan fingerprint density at radius 3 is 2.72 bits per heavy atom. The molecular formula is C20H28N2O3. The zero-order valence-electron chi connectivity index (χ0n) is 14.6. The summed E-state index contributed by atoms with van der Waals surface area (Å²) in [4.78, 5) is 12.4. The number of hydrogen-bond acceptors (Lipinski definition) is 3. The SMILES string of the molecule is O=C(NC1CCC2CCCCC2C1)NC1COc2ccccc2C1O. The minimum atomic E-state index is -0.732. The predicted molar refractivity (Wildman–Crippen MR) is 95.4 cm³/mol. The molecule has 0 bridgehead atoms. The standard InChI is InChI=1S/C20H28N2O3/c23-19-16-7-3-4-8-18(16)25-12-17(19)22-20(24)21-15-10-9-13-5-1-2-6-14(13)11-15/h3-4,7-8,13-15,17,19,23H,1-2,5-6,9-12H2,(H2,21,22,24). The first kappa shape index (κ1) is 16.7. The van der Waals surface area contributed by atoms with E-state index < -0.39 is 12.1 Å². The molecule has 1 aromatic carbocycles. The molecule has 5 atom stereocenters. The van der Waals surface area contributed by atoms with Crippen molar-refractivity contribution in [3.63, 3.8) is 0 Å². The molecule has 4 rings (SSSR count). The van der Waals surface area contributed by atoms with Crippen LogP contribution in [-0.4, -0.2) is 29.8 Å². The number of rotatable bonds is 2. The summed E-state index contributed by atoms with van der Waals surface area (Å²) in [6.07, 6.45) is 8.07. The molecule has 2 saturated carbocycles. The van der Waals surface area contributed by atoms with Crippen molar-refractivity contribution < 1.29 is 14.6 Å². The lowest BCUT2D eigenvalue weighted by Crippen LogP contribution is -2.52. The van der Waals surface area contributed by atoms with Gasteiger partial charge in [0.25, 0.3) is 0 Å². The second kappa shape index (κ2) is 7.24. The number of amides is 2. The Morgan fingerprint density at radius 2 is 1.84 bits per heavy atom. The fourth-order valence-electron chi connectivity index (χ4n) is 4.86. The first-order valence-corrected chi connectivity index (χ1v) is 9.67. The summed E-state index contributed by atoms with van der Waals surface area (Å²) in [5, 5.41) is 16.5. The Labute approximate surface area is 149 Å². The van der Waals surface area contributed by atoms with Gasteiger partial charge in [0.15, 0.2) is 0 Å². The number of nitrogens with one attached hydrogen (secondary N) is 2. The molecule has 1 aliphatic heterocycles. The lowest BCUT2D eigenvalue weighted by Gasteiger charge is -2.39. The summed E-state index contributed by atoms with van der Waals surface area (Å²) in [6, 6.07) is 7.10. The van der Waals surface area contributed by atoms with Crippen molar-refractivity contribution in [2.45, 2.75) is 63.1 Å². The van der Waals surface area contributed by atoms with Gasteiger partial charge in [0.2, 0.25) is 0 Å². The first-order chi connectivity index (χ1) is 12.2. The van der Waals surface area contributed by atoms with Crippen LogP contribution < -0.4 is 15.4 Å². The van der Waals surface area contributed by atoms with Crippen molar-refractivity contribution in [1.29, 1.82) is 0 Å². The maximum absolute atomic E-state index is 12.4. The average molecular weight is 344 g/mol. The highest BCUT2D eigenvalue weighted by atomic mass is 16.5. The van der Waals surface area contributed by atoms with Gasteiger partial charge in [-0.2, -0.15) is 0 Å². The molecule has 5 unspecified atom stereocenters. The quantitative estimate of drug-likeness (QED) is 0.772. The van der Waals surface area contributed by atoms with E-state index in [4.69, 9.17) is 4.74 Å². The summed E-state index contributed by atoms with van der Waals surface area (Å²) in [5.41, 5.74) is 0.738. The predicted octanol–water partition coefficient (Wildman–Crippen LogP) is 3.14. The zero-order valence-corrected chi connectivity index (χ0v) is 14.6. The van der Waals surface area contributed by atoms with Gasteiger partial charge in [-0.15, -0.1) is 0 Å². The van der Waals surface area contributed by atoms with Gasteiger partial charge in [-0.05, 0) is 37.2 Å². The van der Waals surface area contributed by atoms with E-state index >= 15 is 0 Å². The van der Waals surface area contributed by atoms with E-state index in [9.17, 15) is 9.90 Å². The van der Waals surface area contributed by atoms with Crippen molar-refractivity contribution >= 4 is 6.03 Å². The molecule has 0 spiro atoms. The van der Waals surface area contributed by atoms with E-state index in [-0.39, 0.29) is 12.1 Å². The van der Waals surface area contributed by atoms with Gasteiger partial charge in [0.1, 0.15) is 18.5 Å². The van der Waals surface area contributed by atoms with E-state index in [1.807, 2.05) is 24.3 Å². The van der Waals surface area contributed by atoms with Crippen LogP contribution in [0.15, 0.2) is 24.3 Å². The third kappa shape index (κ3) is 3.61. The second-order valence-electron chi connectivity index (χ2n) is 7.83. The smallest absolute Gasteiger partial charge is 0.315 e. The maximum Gasteiger partial charge on any atom is 0.315 e. The van der Waals surface area contributed by atoms with E-state index in [1.54, 1.807) is 0 Å². The molecule has 5 heteroatoms. The lowest BCUT2D eigenvalue weighted by atomic mass is 9.69. The number of hydrogen-bond donors (Lipinski definition) is 3. The third-order valence-electron chi connectivity index (χ3n) is 6.23. The molecule has 3 N–H and O–H groups in total. The number of carbonyl (C=O) groups excluding carboxylic acids is 1. The van der Waals surface area contributed by atoms with E-state index in [2.05, 4.69) is 10.6 Å². The molecule has 2 aliphatic carbocycles. The summed E-state index contributed by atoms with van der Waals surface area (Å²) >= 11 is 0. The Kier molecular flexibility index (Phi) is 4.84. The average Bonchev–Trinajstić information content (AvgIpc) is 2.64. The van der Waals surface area contributed by atoms with Crippen molar-refractivity contribution in [3.05, 3.63) is 29.8 Å². The van der Waals surface area contributed by atoms with E-state index in [0.29, 0.717) is 12.4 Å². The molecule has 0 saturated heterocycles. The topological polar surface area (TPSA) is 70.6 Å². The Morgan fingerprint density at radius 1 is 1.04 bits per heavy atom. The lowest BCUT2D eigenvalue weighted by molar-refractivity contribution is 0.0763. The van der Waals surface area contributed by atoms with Gasteiger partial charge >= 0.3 is 6.03 Å². The van der Waals surface area contributed by atoms with Gasteiger partial charge in [0.05, 0.1) is 6.04 Å². The van der Waals surface area contributed by atoms with Crippen molar-refractivity contribution in [2.24, 2.45) is 11.8 Å². The normalized spacial score (nSPS) is 34.2. The van der Waals surface area contributed by atoms with Crippen LogP contribution in [0.4, 0.5) is 4.79 Å². The maximum atomic E-state index is 12.4. The van der Waals surface area contributed by atoms with Gasteiger partial charge in [-0.1, -0.05) is 43.9 Å². The third-order valence-corrected chi connectivity index (χ3v) is 6.23. The molecule has 0 aromatic heterocycles. The Hall–Kier alpha value is -1.75. The molecule has 5 nitrogen and oxygen atoms in total. The molecule has 2 fully saturated rings. The second-order valence-corrected chi connectivity index (χ2v) is 7.83. The number of benzene rings is 1. The van der Waals surface area contributed by atoms with Gasteiger partial charge in [-0.3, -0.25) is 0 Å².